The first-order valence-corrected chi connectivity index (χ1v) is 8.14. The lowest BCUT2D eigenvalue weighted by atomic mass is 9.64. The zero-order valence-corrected chi connectivity index (χ0v) is 12.6. The number of allylic oxidation sites excluding steroid dienone is 4. The third-order valence-corrected chi connectivity index (χ3v) is 5.57. The Balaban J connectivity index is 1.84. The molecular formula is C18H17N3O2. The van der Waals surface area contributed by atoms with E-state index < -0.39 is 0 Å². The Labute approximate surface area is 132 Å². The number of hydrogen-bond donors (Lipinski definition) is 0. The summed E-state index contributed by atoms with van der Waals surface area (Å²) >= 11 is 0. The average Bonchev–Trinajstić information content (AvgIpc) is 2.76. The molecule has 5 nitrogen and oxygen atoms in total. The normalized spacial score (nSPS) is 33.0. The molecule has 1 aromatic heterocycles. The molecule has 2 aliphatic heterocycles. The number of aromatic nitrogens is 3. The largest absolute Gasteiger partial charge is 0.352 e. The molecule has 0 saturated heterocycles. The molecule has 1 aromatic carbocycles. The monoisotopic (exact) mass is 307 g/mol. The summed E-state index contributed by atoms with van der Waals surface area (Å²) in [6.07, 6.45) is 10.4. The average molecular weight is 307 g/mol. The van der Waals surface area contributed by atoms with Gasteiger partial charge in [-0.2, -0.15) is 0 Å². The molecule has 3 heterocycles. The van der Waals surface area contributed by atoms with E-state index in [0.717, 1.165) is 12.8 Å². The zero-order valence-electron chi connectivity index (χ0n) is 12.6. The lowest BCUT2D eigenvalue weighted by Gasteiger charge is -2.49. The topological polar surface area (TPSA) is 48.9 Å². The van der Waals surface area contributed by atoms with Crippen LogP contribution in [0.3, 0.4) is 0 Å². The van der Waals surface area contributed by atoms with Crippen molar-refractivity contribution in [3.8, 4) is 5.69 Å². The molecule has 0 radical (unpaired) electrons. The minimum atomic E-state index is -0.235. The zero-order chi connectivity index (χ0) is 15.6. The van der Waals surface area contributed by atoms with E-state index in [1.807, 2.05) is 30.4 Å². The fourth-order valence-electron chi connectivity index (χ4n) is 4.38. The van der Waals surface area contributed by atoms with Gasteiger partial charge in [0.15, 0.2) is 0 Å². The summed E-state index contributed by atoms with van der Waals surface area (Å²) in [4.78, 5) is 26.0. The first-order chi connectivity index (χ1) is 11.3. The van der Waals surface area contributed by atoms with Gasteiger partial charge in [0, 0.05) is 0 Å². The van der Waals surface area contributed by atoms with Crippen LogP contribution in [0.25, 0.3) is 5.69 Å². The Morgan fingerprint density at radius 1 is 0.783 bits per heavy atom. The Morgan fingerprint density at radius 2 is 1.30 bits per heavy atom. The number of rotatable bonds is 1. The van der Waals surface area contributed by atoms with Crippen molar-refractivity contribution in [2.45, 2.75) is 24.9 Å². The van der Waals surface area contributed by atoms with Gasteiger partial charge in [0.05, 0.1) is 17.8 Å². The second-order valence-electron chi connectivity index (χ2n) is 6.58. The van der Waals surface area contributed by atoms with Crippen LogP contribution in [0.4, 0.5) is 0 Å². The van der Waals surface area contributed by atoms with E-state index in [-0.39, 0.29) is 23.5 Å². The Kier molecular flexibility index (Phi) is 2.52. The van der Waals surface area contributed by atoms with E-state index in [2.05, 4.69) is 12.2 Å². The fourth-order valence-corrected chi connectivity index (χ4v) is 4.38. The molecule has 0 unspecified atom stereocenters. The lowest BCUT2D eigenvalue weighted by molar-refractivity contribution is 0.0274. The molecule has 1 aliphatic carbocycles. The number of nitrogens with zero attached hydrogens (tertiary/aromatic N) is 3. The van der Waals surface area contributed by atoms with Crippen LogP contribution >= 0.6 is 0 Å². The van der Waals surface area contributed by atoms with E-state index in [9.17, 15) is 9.59 Å². The number of fused-ring (bicyclic) bond motifs is 3. The van der Waals surface area contributed by atoms with Crippen LogP contribution in [0, 0.1) is 11.8 Å². The summed E-state index contributed by atoms with van der Waals surface area (Å²) in [6.45, 7) is 0. The highest BCUT2D eigenvalue weighted by atomic mass is 16.2. The number of hydrogen-bond acceptors (Lipinski definition) is 2. The molecule has 0 spiro atoms. The molecule has 116 valence electrons. The number of benzene rings is 1. The van der Waals surface area contributed by atoms with Gasteiger partial charge in [0.1, 0.15) is 0 Å². The third kappa shape index (κ3) is 1.57. The van der Waals surface area contributed by atoms with Crippen molar-refractivity contribution in [3.63, 3.8) is 0 Å². The van der Waals surface area contributed by atoms with Gasteiger partial charge in [-0.05, 0) is 36.8 Å². The predicted molar refractivity (Wildman–Crippen MR) is 86.9 cm³/mol. The maximum absolute atomic E-state index is 13.0. The molecule has 0 amide bonds. The molecule has 5 heteroatoms. The molecular weight excluding hydrogens is 290 g/mol. The molecule has 1 fully saturated rings. The van der Waals surface area contributed by atoms with E-state index >= 15 is 0 Å². The van der Waals surface area contributed by atoms with Gasteiger partial charge in [0.25, 0.3) is 0 Å². The summed E-state index contributed by atoms with van der Waals surface area (Å²) in [5.41, 5.74) is 0.164. The highest BCUT2D eigenvalue weighted by molar-refractivity contribution is 5.31. The van der Waals surface area contributed by atoms with Gasteiger partial charge in [0.2, 0.25) is 0 Å². The van der Waals surface area contributed by atoms with Crippen molar-refractivity contribution >= 4 is 0 Å². The lowest BCUT2D eigenvalue weighted by Crippen LogP contribution is -2.50. The van der Waals surface area contributed by atoms with Crippen LogP contribution < -0.4 is 11.4 Å². The Bertz CT molecular complexity index is 887. The molecule has 5 rings (SSSR count). The van der Waals surface area contributed by atoms with E-state index in [1.165, 1.54) is 4.57 Å². The summed E-state index contributed by atoms with van der Waals surface area (Å²) in [7, 11) is 0. The maximum Gasteiger partial charge on any atom is 0.352 e. The number of para-hydroxylation sites is 1. The first kappa shape index (κ1) is 12.9. The maximum atomic E-state index is 13.0. The van der Waals surface area contributed by atoms with Crippen molar-refractivity contribution in [1.82, 2.24) is 13.9 Å². The minimum absolute atomic E-state index is 0.0138. The van der Waals surface area contributed by atoms with Crippen molar-refractivity contribution in [2.75, 3.05) is 0 Å². The van der Waals surface area contributed by atoms with Gasteiger partial charge in [-0.3, -0.25) is 0 Å². The Morgan fingerprint density at radius 3 is 1.78 bits per heavy atom. The molecule has 0 N–H and O–H groups in total. The van der Waals surface area contributed by atoms with E-state index in [4.69, 9.17) is 0 Å². The van der Waals surface area contributed by atoms with Gasteiger partial charge in [-0.15, -0.1) is 0 Å². The molecule has 1 saturated carbocycles. The van der Waals surface area contributed by atoms with Crippen molar-refractivity contribution in [3.05, 3.63) is 75.6 Å². The molecule has 3 aliphatic rings. The molecule has 4 atom stereocenters. The van der Waals surface area contributed by atoms with Gasteiger partial charge < -0.3 is 0 Å². The summed E-state index contributed by atoms with van der Waals surface area (Å²) in [6, 6.07) is 9.16. The van der Waals surface area contributed by atoms with Gasteiger partial charge in [-0.1, -0.05) is 42.5 Å². The van der Waals surface area contributed by atoms with Crippen LogP contribution in [-0.4, -0.2) is 13.9 Å². The SMILES string of the molecule is O=c1n(-c2ccccc2)c(=O)n2n1[C@@H]1/C=C/C=C/[C@@H]2[C@H]2CC[C@@H]21. The standard InChI is InChI=1S/C18H17N3O2/c22-17-19(12-6-2-1-3-7-12)18(23)21-16-9-5-4-8-15(20(17)21)13-10-11-14(13)16/h1-9,13-16H,10-11H2/b8-4+,9-5+/t13-,14-,15+,16+/m0/s1. The third-order valence-electron chi connectivity index (χ3n) is 5.57. The van der Waals surface area contributed by atoms with Crippen LogP contribution in [0.2, 0.25) is 0 Å². The minimum Gasteiger partial charge on any atom is -0.245 e. The highest BCUT2D eigenvalue weighted by Crippen LogP contribution is 2.51. The van der Waals surface area contributed by atoms with Crippen LogP contribution in [0.5, 0.6) is 0 Å². The second kappa shape index (κ2) is 4.47. The van der Waals surface area contributed by atoms with Gasteiger partial charge in [-0.25, -0.2) is 23.5 Å². The van der Waals surface area contributed by atoms with E-state index in [1.54, 1.807) is 21.5 Å². The summed E-state index contributed by atoms with van der Waals surface area (Å²) < 4.78 is 4.67. The quantitative estimate of drug-likeness (QED) is 0.809. The summed E-state index contributed by atoms with van der Waals surface area (Å²) in [5, 5.41) is 0. The van der Waals surface area contributed by atoms with Crippen molar-refractivity contribution < 1.29 is 0 Å². The fraction of sp³-hybridized carbons (Fsp3) is 0.333. The van der Waals surface area contributed by atoms with Crippen LogP contribution in [0.1, 0.15) is 24.9 Å². The van der Waals surface area contributed by atoms with E-state index in [0.29, 0.717) is 17.5 Å². The first-order valence-electron chi connectivity index (χ1n) is 8.14. The van der Waals surface area contributed by atoms with Crippen LogP contribution in [0.15, 0.2) is 64.2 Å². The summed E-state index contributed by atoms with van der Waals surface area (Å²) in [5.74, 6) is 0.926. The predicted octanol–water partition coefficient (Wildman–Crippen LogP) is 2.05. The van der Waals surface area contributed by atoms with Crippen molar-refractivity contribution in [1.29, 1.82) is 0 Å². The molecule has 23 heavy (non-hydrogen) atoms. The molecule has 2 bridgehead atoms. The second-order valence-corrected chi connectivity index (χ2v) is 6.58. The smallest absolute Gasteiger partial charge is 0.245 e. The molecule has 2 aromatic rings. The van der Waals surface area contributed by atoms with Crippen molar-refractivity contribution in [2.24, 2.45) is 11.8 Å². The Hall–Kier alpha value is -2.56. The highest BCUT2D eigenvalue weighted by Gasteiger charge is 2.48. The van der Waals surface area contributed by atoms with Gasteiger partial charge >= 0.3 is 11.4 Å². The van der Waals surface area contributed by atoms with Crippen LogP contribution in [-0.2, 0) is 0 Å².